The molecule has 1 N–H and O–H groups in total. The lowest BCUT2D eigenvalue weighted by Crippen LogP contribution is -2.46. The van der Waals surface area contributed by atoms with E-state index in [1.807, 2.05) is 12.4 Å². The lowest BCUT2D eigenvalue weighted by Gasteiger charge is -2.32. The Morgan fingerprint density at radius 2 is 2.06 bits per heavy atom. The van der Waals surface area contributed by atoms with Gasteiger partial charge < -0.3 is 10.2 Å². The molecule has 1 aliphatic rings. The van der Waals surface area contributed by atoms with Crippen LogP contribution < -0.4 is 5.32 Å². The predicted molar refractivity (Wildman–Crippen MR) is 74.6 cm³/mol. The second-order valence-corrected chi connectivity index (χ2v) is 5.12. The lowest BCUT2D eigenvalue weighted by molar-refractivity contribution is 0.154. The summed E-state index contributed by atoms with van der Waals surface area (Å²) in [7, 11) is 2.20. The number of piperazine rings is 1. The topological polar surface area (TPSA) is 31.4 Å². The molecular weight excluding hydrogens is 224 g/mol. The quantitative estimate of drug-likeness (QED) is 0.778. The number of nitrogens with one attached hydrogen (secondary N) is 1. The second kappa shape index (κ2) is 6.83. The maximum atomic E-state index is 4.17. The van der Waals surface area contributed by atoms with Crippen LogP contribution in [0.3, 0.4) is 0 Å². The minimum atomic E-state index is 0.924. The van der Waals surface area contributed by atoms with Gasteiger partial charge in [0.15, 0.2) is 0 Å². The maximum absolute atomic E-state index is 4.17. The summed E-state index contributed by atoms with van der Waals surface area (Å²) >= 11 is 0. The number of hydrogen-bond acceptors (Lipinski definition) is 4. The summed E-state index contributed by atoms with van der Waals surface area (Å²) in [5.74, 6) is 0. The van der Waals surface area contributed by atoms with E-state index in [0.717, 1.165) is 19.6 Å². The van der Waals surface area contributed by atoms with Crippen molar-refractivity contribution in [1.82, 2.24) is 20.1 Å². The van der Waals surface area contributed by atoms with Gasteiger partial charge in [-0.3, -0.25) is 9.88 Å². The fraction of sp³-hybridized carbons (Fsp3) is 0.643. The Bertz CT molecular complexity index is 359. The molecule has 0 aliphatic carbocycles. The van der Waals surface area contributed by atoms with Crippen LogP contribution in [-0.2, 0) is 6.54 Å². The fourth-order valence-corrected chi connectivity index (χ4v) is 2.21. The monoisotopic (exact) mass is 248 g/mol. The standard InChI is InChI=1S/C14H24N4/c1-13-3-4-15-11-14(13)12-16-5-6-18-9-7-17(2)8-10-18/h3-4,11,16H,5-10,12H2,1-2H3. The molecule has 0 bridgehead atoms. The highest BCUT2D eigenvalue weighted by Crippen LogP contribution is 2.04. The first-order valence-corrected chi connectivity index (χ1v) is 6.77. The van der Waals surface area contributed by atoms with Crippen LogP contribution in [0.15, 0.2) is 18.5 Å². The van der Waals surface area contributed by atoms with Crippen LogP contribution in [0.4, 0.5) is 0 Å². The molecular formula is C14H24N4. The summed E-state index contributed by atoms with van der Waals surface area (Å²) in [6, 6.07) is 2.07. The van der Waals surface area contributed by atoms with Crippen molar-refractivity contribution in [2.75, 3.05) is 46.3 Å². The van der Waals surface area contributed by atoms with Gasteiger partial charge in [-0.2, -0.15) is 0 Å². The number of aryl methyl sites for hydroxylation is 1. The normalized spacial score (nSPS) is 18.1. The van der Waals surface area contributed by atoms with Crippen LogP contribution in [0.2, 0.25) is 0 Å². The number of nitrogens with zero attached hydrogens (tertiary/aromatic N) is 3. The van der Waals surface area contributed by atoms with Gasteiger partial charge in [-0.25, -0.2) is 0 Å². The van der Waals surface area contributed by atoms with Gasteiger partial charge in [-0.15, -0.1) is 0 Å². The minimum absolute atomic E-state index is 0.924. The largest absolute Gasteiger partial charge is 0.311 e. The van der Waals surface area contributed by atoms with Gasteiger partial charge in [0, 0.05) is 58.2 Å². The van der Waals surface area contributed by atoms with E-state index in [-0.39, 0.29) is 0 Å². The van der Waals surface area contributed by atoms with Crippen molar-refractivity contribution in [2.45, 2.75) is 13.5 Å². The first kappa shape index (κ1) is 13.5. The molecule has 0 radical (unpaired) electrons. The molecule has 0 amide bonds. The van der Waals surface area contributed by atoms with Crippen molar-refractivity contribution in [3.05, 3.63) is 29.6 Å². The van der Waals surface area contributed by atoms with Crippen LogP contribution in [0.5, 0.6) is 0 Å². The highest BCUT2D eigenvalue weighted by Gasteiger charge is 2.12. The Kier molecular flexibility index (Phi) is 5.11. The molecule has 18 heavy (non-hydrogen) atoms. The molecule has 100 valence electrons. The number of likely N-dealkylation sites (N-methyl/N-ethyl adjacent to an activating group) is 1. The SMILES string of the molecule is Cc1ccncc1CNCCN1CCN(C)CC1. The second-order valence-electron chi connectivity index (χ2n) is 5.12. The van der Waals surface area contributed by atoms with E-state index in [4.69, 9.17) is 0 Å². The van der Waals surface area contributed by atoms with Crippen LogP contribution in [-0.4, -0.2) is 61.1 Å². The van der Waals surface area contributed by atoms with E-state index in [1.165, 1.54) is 37.3 Å². The molecule has 0 aromatic carbocycles. The molecule has 1 aliphatic heterocycles. The van der Waals surface area contributed by atoms with Crippen molar-refractivity contribution >= 4 is 0 Å². The summed E-state index contributed by atoms with van der Waals surface area (Å²) in [5, 5.41) is 3.51. The summed E-state index contributed by atoms with van der Waals surface area (Å²) < 4.78 is 0. The summed E-state index contributed by atoms with van der Waals surface area (Å²) in [4.78, 5) is 9.09. The van der Waals surface area contributed by atoms with Gasteiger partial charge in [0.25, 0.3) is 0 Å². The van der Waals surface area contributed by atoms with Crippen molar-refractivity contribution in [2.24, 2.45) is 0 Å². The zero-order valence-electron chi connectivity index (χ0n) is 11.5. The van der Waals surface area contributed by atoms with Crippen LogP contribution in [0, 0.1) is 6.92 Å². The molecule has 0 saturated carbocycles. The smallest absolute Gasteiger partial charge is 0.0315 e. The first-order chi connectivity index (χ1) is 8.75. The Morgan fingerprint density at radius 3 is 2.78 bits per heavy atom. The summed E-state index contributed by atoms with van der Waals surface area (Å²) in [5.41, 5.74) is 2.62. The molecule has 1 fully saturated rings. The third-order valence-corrected chi connectivity index (χ3v) is 3.66. The highest BCUT2D eigenvalue weighted by molar-refractivity contribution is 5.20. The van der Waals surface area contributed by atoms with Crippen LogP contribution >= 0.6 is 0 Å². The number of hydrogen-bond donors (Lipinski definition) is 1. The van der Waals surface area contributed by atoms with Gasteiger partial charge in [0.2, 0.25) is 0 Å². The molecule has 4 nitrogen and oxygen atoms in total. The van der Waals surface area contributed by atoms with E-state index in [0.29, 0.717) is 0 Å². The zero-order valence-corrected chi connectivity index (χ0v) is 11.5. The van der Waals surface area contributed by atoms with Gasteiger partial charge >= 0.3 is 0 Å². The minimum Gasteiger partial charge on any atom is -0.311 e. The van der Waals surface area contributed by atoms with E-state index >= 15 is 0 Å². The number of rotatable bonds is 5. The Labute approximate surface area is 110 Å². The summed E-state index contributed by atoms with van der Waals surface area (Å²) in [6.45, 7) is 10.1. The van der Waals surface area contributed by atoms with Crippen molar-refractivity contribution < 1.29 is 0 Å². The molecule has 1 saturated heterocycles. The van der Waals surface area contributed by atoms with E-state index in [9.17, 15) is 0 Å². The van der Waals surface area contributed by atoms with Crippen LogP contribution in [0.1, 0.15) is 11.1 Å². The Hall–Kier alpha value is -0.970. The molecule has 4 heteroatoms. The van der Waals surface area contributed by atoms with Gasteiger partial charge in [0.05, 0.1) is 0 Å². The molecule has 0 unspecified atom stereocenters. The Morgan fingerprint density at radius 1 is 1.28 bits per heavy atom. The molecule has 2 heterocycles. The summed E-state index contributed by atoms with van der Waals surface area (Å²) in [6.07, 6.45) is 3.81. The number of aromatic nitrogens is 1. The predicted octanol–water partition coefficient (Wildman–Crippen LogP) is 0.727. The molecule has 0 spiro atoms. The third kappa shape index (κ3) is 4.05. The fourth-order valence-electron chi connectivity index (χ4n) is 2.21. The molecule has 1 aromatic heterocycles. The number of pyridine rings is 1. The van der Waals surface area contributed by atoms with E-state index in [2.05, 4.69) is 40.1 Å². The average molecular weight is 248 g/mol. The van der Waals surface area contributed by atoms with Gasteiger partial charge in [0.1, 0.15) is 0 Å². The maximum Gasteiger partial charge on any atom is 0.0315 e. The van der Waals surface area contributed by atoms with Gasteiger partial charge in [-0.1, -0.05) is 0 Å². The highest BCUT2D eigenvalue weighted by atomic mass is 15.2. The first-order valence-electron chi connectivity index (χ1n) is 6.77. The average Bonchev–Trinajstić information content (AvgIpc) is 2.39. The van der Waals surface area contributed by atoms with Crippen LogP contribution in [0.25, 0.3) is 0 Å². The Balaban J connectivity index is 1.63. The van der Waals surface area contributed by atoms with E-state index in [1.54, 1.807) is 0 Å². The van der Waals surface area contributed by atoms with Crippen molar-refractivity contribution in [3.8, 4) is 0 Å². The van der Waals surface area contributed by atoms with Crippen molar-refractivity contribution in [3.63, 3.8) is 0 Å². The van der Waals surface area contributed by atoms with Gasteiger partial charge in [-0.05, 0) is 31.2 Å². The van der Waals surface area contributed by atoms with E-state index < -0.39 is 0 Å². The molecule has 0 atom stereocenters. The molecule has 1 aromatic rings. The lowest BCUT2D eigenvalue weighted by atomic mass is 10.1. The third-order valence-electron chi connectivity index (χ3n) is 3.66. The molecule has 2 rings (SSSR count). The van der Waals surface area contributed by atoms with Crippen molar-refractivity contribution in [1.29, 1.82) is 0 Å². The zero-order chi connectivity index (χ0) is 12.8.